The van der Waals surface area contributed by atoms with Gasteiger partial charge in [0.1, 0.15) is 5.75 Å². The van der Waals surface area contributed by atoms with Gasteiger partial charge in [-0.05, 0) is 36.4 Å². The van der Waals surface area contributed by atoms with Gasteiger partial charge in [-0.15, -0.1) is 0 Å². The summed E-state index contributed by atoms with van der Waals surface area (Å²) in [5.41, 5.74) is 3.70. The van der Waals surface area contributed by atoms with Gasteiger partial charge < -0.3 is 10.0 Å². The molecule has 1 fully saturated rings. The predicted molar refractivity (Wildman–Crippen MR) is 98.4 cm³/mol. The minimum atomic E-state index is -0.460. The number of amides is 2. The molecule has 2 amide bonds. The normalized spacial score (nSPS) is 17.2. The second-order valence-electron chi connectivity index (χ2n) is 5.67. The van der Waals surface area contributed by atoms with Gasteiger partial charge in [0.15, 0.2) is 0 Å². The highest BCUT2D eigenvalue weighted by molar-refractivity contribution is 9.10. The number of hydrazone groups is 1. The predicted octanol–water partition coefficient (Wildman–Crippen LogP) is 2.66. The summed E-state index contributed by atoms with van der Waals surface area (Å²) in [6, 6.07) is 14.0. The number of benzene rings is 2. The highest BCUT2D eigenvalue weighted by atomic mass is 79.9. The van der Waals surface area contributed by atoms with E-state index in [1.165, 1.54) is 12.3 Å². The van der Waals surface area contributed by atoms with Crippen LogP contribution in [0.2, 0.25) is 0 Å². The van der Waals surface area contributed by atoms with Gasteiger partial charge in [-0.3, -0.25) is 9.59 Å². The van der Waals surface area contributed by atoms with Crippen LogP contribution in [0.3, 0.4) is 0 Å². The van der Waals surface area contributed by atoms with E-state index in [-0.39, 0.29) is 24.0 Å². The van der Waals surface area contributed by atoms with E-state index in [0.29, 0.717) is 12.1 Å². The van der Waals surface area contributed by atoms with Gasteiger partial charge in [0.25, 0.3) is 0 Å². The molecule has 128 valence electrons. The number of phenols is 1. The number of hydrogen-bond donors (Lipinski definition) is 2. The monoisotopic (exact) mass is 401 g/mol. The Morgan fingerprint density at radius 2 is 1.96 bits per heavy atom. The van der Waals surface area contributed by atoms with E-state index in [1.807, 2.05) is 24.3 Å². The van der Waals surface area contributed by atoms with Crippen molar-refractivity contribution in [2.75, 3.05) is 11.4 Å². The summed E-state index contributed by atoms with van der Waals surface area (Å²) >= 11 is 3.36. The minimum Gasteiger partial charge on any atom is -0.507 e. The van der Waals surface area contributed by atoms with Crippen LogP contribution >= 0.6 is 15.9 Å². The zero-order valence-corrected chi connectivity index (χ0v) is 14.8. The average molecular weight is 402 g/mol. The summed E-state index contributed by atoms with van der Waals surface area (Å²) < 4.78 is 0.927. The molecule has 6 nitrogen and oxygen atoms in total. The van der Waals surface area contributed by atoms with Crippen molar-refractivity contribution >= 4 is 39.6 Å². The Morgan fingerprint density at radius 1 is 1.24 bits per heavy atom. The molecule has 2 aromatic carbocycles. The Bertz CT molecular complexity index is 821. The standard InChI is InChI=1S/C18H16BrN3O3/c19-14-5-7-15(8-6-14)22-11-13(9-17(22)24)18(25)21-20-10-12-3-1-2-4-16(12)23/h1-8,10,13,23H,9,11H2,(H,21,25)/b20-10-/t13-/m0/s1. The van der Waals surface area contributed by atoms with Crippen LogP contribution in [0.25, 0.3) is 0 Å². The van der Waals surface area contributed by atoms with Gasteiger partial charge in [-0.1, -0.05) is 28.1 Å². The van der Waals surface area contributed by atoms with Crippen molar-refractivity contribution in [3.8, 4) is 5.75 Å². The number of aromatic hydroxyl groups is 1. The largest absolute Gasteiger partial charge is 0.507 e. The van der Waals surface area contributed by atoms with Crippen molar-refractivity contribution in [2.24, 2.45) is 11.0 Å². The number of phenolic OH excluding ortho intramolecular Hbond substituents is 1. The van der Waals surface area contributed by atoms with Crippen LogP contribution < -0.4 is 10.3 Å². The Hall–Kier alpha value is -2.67. The fraction of sp³-hybridized carbons (Fsp3) is 0.167. The molecule has 0 aliphatic carbocycles. The third-order valence-electron chi connectivity index (χ3n) is 3.95. The first-order valence-electron chi connectivity index (χ1n) is 7.71. The van der Waals surface area contributed by atoms with Gasteiger partial charge in [-0.25, -0.2) is 5.43 Å². The quantitative estimate of drug-likeness (QED) is 0.610. The fourth-order valence-corrected chi connectivity index (χ4v) is 2.87. The molecule has 1 saturated heterocycles. The van der Waals surface area contributed by atoms with Crippen LogP contribution in [0.4, 0.5) is 5.69 Å². The SMILES string of the molecule is O=C(N/N=C\c1ccccc1O)[C@H]1CC(=O)N(c2ccc(Br)cc2)C1. The number of carbonyl (C=O) groups is 2. The molecule has 2 N–H and O–H groups in total. The number of anilines is 1. The second kappa shape index (κ2) is 7.48. The third-order valence-corrected chi connectivity index (χ3v) is 4.48. The van der Waals surface area contributed by atoms with E-state index in [0.717, 1.165) is 10.2 Å². The van der Waals surface area contributed by atoms with E-state index in [4.69, 9.17) is 0 Å². The van der Waals surface area contributed by atoms with Crippen molar-refractivity contribution in [2.45, 2.75) is 6.42 Å². The summed E-state index contributed by atoms with van der Waals surface area (Å²) in [7, 11) is 0. The Kier molecular flexibility index (Phi) is 5.14. The van der Waals surface area contributed by atoms with Crippen LogP contribution in [0, 0.1) is 5.92 Å². The first-order valence-corrected chi connectivity index (χ1v) is 8.51. The number of rotatable bonds is 4. The summed E-state index contributed by atoms with van der Waals surface area (Å²) in [6.45, 7) is 0.318. The van der Waals surface area contributed by atoms with E-state index in [1.54, 1.807) is 23.1 Å². The van der Waals surface area contributed by atoms with E-state index in [9.17, 15) is 14.7 Å². The van der Waals surface area contributed by atoms with Gasteiger partial charge in [0.05, 0.1) is 12.1 Å². The number of hydrogen-bond acceptors (Lipinski definition) is 4. The minimum absolute atomic E-state index is 0.0814. The molecule has 0 unspecified atom stereocenters. The van der Waals surface area contributed by atoms with Gasteiger partial charge in [0.2, 0.25) is 11.8 Å². The van der Waals surface area contributed by atoms with E-state index in [2.05, 4.69) is 26.5 Å². The number of nitrogens with zero attached hydrogens (tertiary/aromatic N) is 2. The van der Waals surface area contributed by atoms with Crippen LogP contribution in [-0.4, -0.2) is 29.7 Å². The third kappa shape index (κ3) is 4.06. The Labute approximate surface area is 153 Å². The molecule has 0 bridgehead atoms. The smallest absolute Gasteiger partial charge is 0.245 e. The van der Waals surface area contributed by atoms with Crippen LogP contribution in [0.5, 0.6) is 5.75 Å². The summed E-state index contributed by atoms with van der Waals surface area (Å²) in [5.74, 6) is -0.789. The maximum Gasteiger partial charge on any atom is 0.245 e. The lowest BCUT2D eigenvalue weighted by Crippen LogP contribution is -2.30. The summed E-state index contributed by atoms with van der Waals surface area (Å²) in [5, 5.41) is 13.5. The van der Waals surface area contributed by atoms with Gasteiger partial charge >= 0.3 is 0 Å². The molecule has 25 heavy (non-hydrogen) atoms. The van der Waals surface area contributed by atoms with Crippen molar-refractivity contribution < 1.29 is 14.7 Å². The Balaban J connectivity index is 1.61. The molecule has 1 aliphatic heterocycles. The highest BCUT2D eigenvalue weighted by Gasteiger charge is 2.35. The Morgan fingerprint density at radius 3 is 2.68 bits per heavy atom. The maximum absolute atomic E-state index is 12.2. The lowest BCUT2D eigenvalue weighted by atomic mass is 10.1. The van der Waals surface area contributed by atoms with Crippen molar-refractivity contribution in [1.82, 2.24) is 5.43 Å². The molecule has 0 saturated carbocycles. The van der Waals surface area contributed by atoms with Crippen molar-refractivity contribution in [1.29, 1.82) is 0 Å². The first kappa shape index (κ1) is 17.2. The maximum atomic E-state index is 12.2. The molecule has 0 spiro atoms. The molecule has 1 atom stereocenters. The average Bonchev–Trinajstić information content (AvgIpc) is 2.99. The van der Waals surface area contributed by atoms with Crippen LogP contribution in [0.1, 0.15) is 12.0 Å². The van der Waals surface area contributed by atoms with Gasteiger partial charge in [-0.2, -0.15) is 5.10 Å². The fourth-order valence-electron chi connectivity index (χ4n) is 2.61. The molecule has 0 radical (unpaired) electrons. The lowest BCUT2D eigenvalue weighted by Gasteiger charge is -2.16. The zero-order valence-electron chi connectivity index (χ0n) is 13.2. The number of nitrogens with one attached hydrogen (secondary N) is 1. The highest BCUT2D eigenvalue weighted by Crippen LogP contribution is 2.26. The molecule has 1 aliphatic rings. The van der Waals surface area contributed by atoms with Crippen LogP contribution in [0.15, 0.2) is 58.1 Å². The second-order valence-corrected chi connectivity index (χ2v) is 6.59. The molecule has 3 rings (SSSR count). The van der Waals surface area contributed by atoms with Gasteiger partial charge in [0, 0.05) is 28.7 Å². The summed E-state index contributed by atoms with van der Waals surface area (Å²) in [6.07, 6.45) is 1.52. The molecular weight excluding hydrogens is 386 g/mol. The molecular formula is C18H16BrN3O3. The van der Waals surface area contributed by atoms with E-state index < -0.39 is 5.92 Å². The van der Waals surface area contributed by atoms with E-state index >= 15 is 0 Å². The number of halogens is 1. The lowest BCUT2D eigenvalue weighted by molar-refractivity contribution is -0.126. The number of carbonyl (C=O) groups excluding carboxylic acids is 2. The number of para-hydroxylation sites is 1. The topological polar surface area (TPSA) is 82.0 Å². The zero-order chi connectivity index (χ0) is 17.8. The molecule has 1 heterocycles. The molecule has 0 aromatic heterocycles. The first-order chi connectivity index (χ1) is 12.0. The molecule has 2 aromatic rings. The van der Waals surface area contributed by atoms with Crippen molar-refractivity contribution in [3.63, 3.8) is 0 Å². The summed E-state index contributed by atoms with van der Waals surface area (Å²) in [4.78, 5) is 26.0. The van der Waals surface area contributed by atoms with Crippen molar-refractivity contribution in [3.05, 3.63) is 58.6 Å². The molecule has 7 heteroatoms. The van der Waals surface area contributed by atoms with Crippen LogP contribution in [-0.2, 0) is 9.59 Å².